The van der Waals surface area contributed by atoms with E-state index in [-0.39, 0.29) is 23.8 Å². The standard InChI is InChI=1S/C18H26N2O8/c1-2-3-4-5-14(22)19-15-17(24)16(23)13(10-21)28-18(15)27-12-8-6-11(7-9-12)20(25)26/h6-9,13,15-18,21,23-24H,2-5,10H2,1H3,(H,19,22). The van der Waals surface area contributed by atoms with Crippen LogP contribution in [0.3, 0.4) is 0 Å². The zero-order valence-electron chi connectivity index (χ0n) is 15.6. The van der Waals surface area contributed by atoms with Crippen LogP contribution in [-0.2, 0) is 9.53 Å². The van der Waals surface area contributed by atoms with Crippen molar-refractivity contribution in [3.8, 4) is 5.75 Å². The summed E-state index contributed by atoms with van der Waals surface area (Å²) < 4.78 is 11.1. The van der Waals surface area contributed by atoms with Gasteiger partial charge in [0.05, 0.1) is 11.5 Å². The molecule has 1 aromatic rings. The number of rotatable bonds is 9. The molecule has 5 unspecified atom stereocenters. The first kappa shape index (κ1) is 22.0. The van der Waals surface area contributed by atoms with Gasteiger partial charge in [0.2, 0.25) is 12.2 Å². The Balaban J connectivity index is 2.12. The van der Waals surface area contributed by atoms with Crippen LogP contribution in [0.4, 0.5) is 5.69 Å². The molecule has 0 radical (unpaired) electrons. The molecule has 0 spiro atoms. The quantitative estimate of drug-likeness (QED) is 0.266. The van der Waals surface area contributed by atoms with E-state index in [9.17, 15) is 30.2 Å². The molecule has 10 heteroatoms. The molecular weight excluding hydrogens is 372 g/mol. The summed E-state index contributed by atoms with van der Waals surface area (Å²) in [5.74, 6) is -0.117. The minimum absolute atomic E-state index is 0.124. The summed E-state index contributed by atoms with van der Waals surface area (Å²) in [6, 6.07) is 4.11. The van der Waals surface area contributed by atoms with E-state index in [1.54, 1.807) is 0 Å². The van der Waals surface area contributed by atoms with Crippen LogP contribution in [-0.4, -0.2) is 63.4 Å². The second-order valence-corrected chi connectivity index (χ2v) is 6.63. The Labute approximate surface area is 162 Å². The van der Waals surface area contributed by atoms with Crippen LogP contribution in [0.1, 0.15) is 32.6 Å². The van der Waals surface area contributed by atoms with Gasteiger partial charge in [-0.2, -0.15) is 0 Å². The molecule has 1 saturated heterocycles. The summed E-state index contributed by atoms with van der Waals surface area (Å²) in [4.78, 5) is 22.4. The van der Waals surface area contributed by atoms with Gasteiger partial charge < -0.3 is 30.1 Å². The Kier molecular flexibility index (Phi) is 8.12. The van der Waals surface area contributed by atoms with Crippen LogP contribution < -0.4 is 10.1 Å². The number of carbonyl (C=O) groups excluding carboxylic acids is 1. The van der Waals surface area contributed by atoms with Crippen LogP contribution in [0.2, 0.25) is 0 Å². The first-order valence-electron chi connectivity index (χ1n) is 9.20. The Morgan fingerprint density at radius 1 is 1.25 bits per heavy atom. The fourth-order valence-corrected chi connectivity index (χ4v) is 2.91. The molecule has 156 valence electrons. The van der Waals surface area contributed by atoms with Gasteiger partial charge in [-0.15, -0.1) is 0 Å². The molecule has 1 aliphatic rings. The van der Waals surface area contributed by atoms with Gasteiger partial charge in [0.25, 0.3) is 5.69 Å². The average Bonchev–Trinajstić information content (AvgIpc) is 2.68. The number of benzene rings is 1. The molecule has 28 heavy (non-hydrogen) atoms. The van der Waals surface area contributed by atoms with E-state index in [4.69, 9.17) is 9.47 Å². The van der Waals surface area contributed by atoms with Gasteiger partial charge in [-0.05, 0) is 18.6 Å². The van der Waals surface area contributed by atoms with Gasteiger partial charge in [-0.3, -0.25) is 14.9 Å². The number of non-ortho nitro benzene ring substituents is 1. The predicted molar refractivity (Wildman–Crippen MR) is 97.6 cm³/mol. The first-order chi connectivity index (χ1) is 13.4. The van der Waals surface area contributed by atoms with Gasteiger partial charge in [-0.25, -0.2) is 0 Å². The normalized spacial score (nSPS) is 27.2. The van der Waals surface area contributed by atoms with Gasteiger partial charge in [0.15, 0.2) is 0 Å². The van der Waals surface area contributed by atoms with E-state index in [0.717, 1.165) is 12.8 Å². The molecule has 0 aromatic heterocycles. The molecule has 0 aliphatic carbocycles. The number of nitro groups is 1. The Morgan fingerprint density at radius 2 is 1.93 bits per heavy atom. The molecule has 5 atom stereocenters. The van der Waals surface area contributed by atoms with Crippen molar-refractivity contribution in [1.82, 2.24) is 5.32 Å². The van der Waals surface area contributed by atoms with Crippen LogP contribution in [0.5, 0.6) is 5.75 Å². The van der Waals surface area contributed by atoms with Crippen molar-refractivity contribution in [2.75, 3.05) is 6.61 Å². The van der Waals surface area contributed by atoms with Crippen molar-refractivity contribution in [3.05, 3.63) is 34.4 Å². The summed E-state index contributed by atoms with van der Waals surface area (Å²) in [6.07, 6.45) is -2.38. The second-order valence-electron chi connectivity index (χ2n) is 6.63. The number of nitrogens with zero attached hydrogens (tertiary/aromatic N) is 1. The molecule has 1 amide bonds. The molecular formula is C18H26N2O8. The Bertz CT molecular complexity index is 653. The number of hydrogen-bond acceptors (Lipinski definition) is 8. The maximum atomic E-state index is 12.2. The zero-order valence-corrected chi connectivity index (χ0v) is 15.6. The summed E-state index contributed by atoms with van der Waals surface area (Å²) in [6.45, 7) is 1.45. The van der Waals surface area contributed by atoms with E-state index in [1.165, 1.54) is 24.3 Å². The van der Waals surface area contributed by atoms with Crippen molar-refractivity contribution in [2.24, 2.45) is 0 Å². The number of nitro benzene ring substituents is 1. The molecule has 0 bridgehead atoms. The summed E-state index contributed by atoms with van der Waals surface area (Å²) >= 11 is 0. The van der Waals surface area contributed by atoms with Crippen LogP contribution >= 0.6 is 0 Å². The largest absolute Gasteiger partial charge is 0.463 e. The average molecular weight is 398 g/mol. The predicted octanol–water partition coefficient (Wildman–Crippen LogP) is 0.478. The van der Waals surface area contributed by atoms with Gasteiger partial charge >= 0.3 is 0 Å². The van der Waals surface area contributed by atoms with Gasteiger partial charge in [0.1, 0.15) is 30.1 Å². The summed E-state index contributed by atoms with van der Waals surface area (Å²) in [7, 11) is 0. The van der Waals surface area contributed by atoms with Crippen LogP contribution in [0.15, 0.2) is 24.3 Å². The third kappa shape index (κ3) is 5.61. The number of carbonyl (C=O) groups is 1. The van der Waals surface area contributed by atoms with Crippen molar-refractivity contribution < 1.29 is 34.5 Å². The fraction of sp³-hybridized carbons (Fsp3) is 0.611. The lowest BCUT2D eigenvalue weighted by Crippen LogP contribution is -2.65. The number of aliphatic hydroxyl groups excluding tert-OH is 3. The molecule has 2 rings (SSSR count). The highest BCUT2D eigenvalue weighted by atomic mass is 16.7. The monoisotopic (exact) mass is 398 g/mol. The lowest BCUT2D eigenvalue weighted by atomic mass is 9.96. The highest BCUT2D eigenvalue weighted by Gasteiger charge is 2.46. The number of nitrogens with one attached hydrogen (secondary N) is 1. The summed E-state index contributed by atoms with van der Waals surface area (Å²) in [5, 5.41) is 43.2. The third-order valence-electron chi connectivity index (χ3n) is 4.52. The van der Waals surface area contributed by atoms with E-state index in [0.29, 0.717) is 6.42 Å². The van der Waals surface area contributed by atoms with Gasteiger partial charge in [-0.1, -0.05) is 19.8 Å². The minimum Gasteiger partial charge on any atom is -0.463 e. The fourth-order valence-electron chi connectivity index (χ4n) is 2.91. The molecule has 1 heterocycles. The van der Waals surface area contributed by atoms with E-state index in [2.05, 4.69) is 5.32 Å². The number of hydrogen-bond donors (Lipinski definition) is 4. The highest BCUT2D eigenvalue weighted by molar-refractivity contribution is 5.76. The molecule has 1 aliphatic heterocycles. The Hall–Kier alpha value is -2.27. The Morgan fingerprint density at radius 3 is 2.50 bits per heavy atom. The van der Waals surface area contributed by atoms with E-state index >= 15 is 0 Å². The number of aliphatic hydroxyl groups is 3. The number of unbranched alkanes of at least 4 members (excludes halogenated alkanes) is 2. The maximum absolute atomic E-state index is 12.2. The topological polar surface area (TPSA) is 151 Å². The van der Waals surface area contributed by atoms with Crippen molar-refractivity contribution in [1.29, 1.82) is 0 Å². The van der Waals surface area contributed by atoms with Crippen molar-refractivity contribution >= 4 is 11.6 Å². The third-order valence-corrected chi connectivity index (χ3v) is 4.52. The minimum atomic E-state index is -1.43. The molecule has 4 N–H and O–H groups in total. The maximum Gasteiger partial charge on any atom is 0.269 e. The van der Waals surface area contributed by atoms with E-state index < -0.39 is 42.2 Å². The van der Waals surface area contributed by atoms with Crippen molar-refractivity contribution in [3.63, 3.8) is 0 Å². The zero-order chi connectivity index (χ0) is 20.7. The van der Waals surface area contributed by atoms with Crippen LogP contribution in [0.25, 0.3) is 0 Å². The highest BCUT2D eigenvalue weighted by Crippen LogP contribution is 2.26. The summed E-state index contributed by atoms with van der Waals surface area (Å²) in [5.41, 5.74) is -0.124. The number of ether oxygens (including phenoxy) is 2. The SMILES string of the molecule is CCCCCC(=O)NC1C(Oc2ccc([N+](=O)[O-])cc2)OC(CO)C(O)C1O. The molecule has 10 nitrogen and oxygen atoms in total. The molecule has 0 saturated carbocycles. The lowest BCUT2D eigenvalue weighted by molar-refractivity contribution is -0.384. The smallest absolute Gasteiger partial charge is 0.269 e. The molecule has 1 fully saturated rings. The molecule has 1 aromatic carbocycles. The van der Waals surface area contributed by atoms with Gasteiger partial charge in [0, 0.05) is 18.6 Å². The number of amides is 1. The van der Waals surface area contributed by atoms with E-state index in [1.807, 2.05) is 6.92 Å². The lowest BCUT2D eigenvalue weighted by Gasteiger charge is -2.42. The van der Waals surface area contributed by atoms with Crippen LogP contribution in [0, 0.1) is 10.1 Å². The first-order valence-corrected chi connectivity index (χ1v) is 9.20. The second kappa shape index (κ2) is 10.3. The van der Waals surface area contributed by atoms with Crippen molar-refractivity contribution in [2.45, 2.75) is 63.3 Å².